The molecule has 1 aromatic heterocycles. The van der Waals surface area contributed by atoms with Crippen LogP contribution in [0.1, 0.15) is 41.0 Å². The Hall–Kier alpha value is -0.540. The summed E-state index contributed by atoms with van der Waals surface area (Å²) in [5, 5.41) is 11.5. The van der Waals surface area contributed by atoms with E-state index in [9.17, 15) is 0 Å². The lowest BCUT2D eigenvalue weighted by molar-refractivity contribution is 0.302. The maximum absolute atomic E-state index is 5.98. The van der Waals surface area contributed by atoms with Crippen LogP contribution < -0.4 is 5.32 Å². The second-order valence-corrected chi connectivity index (χ2v) is 6.86. The summed E-state index contributed by atoms with van der Waals surface area (Å²) in [5.41, 5.74) is 0.863. The largest absolute Gasteiger partial charge is 0.378 e. The Balaban J connectivity index is 2.86. The van der Waals surface area contributed by atoms with Crippen LogP contribution in [0.2, 0.25) is 10.3 Å². The molecule has 0 saturated heterocycles. The molecular weight excluding hydrogens is 257 g/mol. The van der Waals surface area contributed by atoms with Gasteiger partial charge in [0.15, 0.2) is 10.3 Å². The van der Waals surface area contributed by atoms with Crippen LogP contribution in [-0.4, -0.2) is 15.7 Å². The molecular formula is C12H19Cl2N3. The first-order valence-electron chi connectivity index (χ1n) is 5.56. The van der Waals surface area contributed by atoms with E-state index in [4.69, 9.17) is 23.2 Å². The lowest BCUT2D eigenvalue weighted by Crippen LogP contribution is -2.35. The van der Waals surface area contributed by atoms with Crippen molar-refractivity contribution in [3.8, 4) is 0 Å². The molecule has 1 aromatic rings. The fourth-order valence-electron chi connectivity index (χ4n) is 2.18. The first-order chi connectivity index (χ1) is 7.59. The molecule has 1 rings (SSSR count). The van der Waals surface area contributed by atoms with Gasteiger partial charge >= 0.3 is 0 Å². The van der Waals surface area contributed by atoms with Crippen molar-refractivity contribution in [1.82, 2.24) is 10.2 Å². The Kier molecular flexibility index (Phi) is 4.26. The molecule has 0 aliphatic carbocycles. The van der Waals surface area contributed by atoms with Crippen molar-refractivity contribution in [1.29, 1.82) is 0 Å². The van der Waals surface area contributed by atoms with Gasteiger partial charge < -0.3 is 5.32 Å². The second-order valence-electron chi connectivity index (χ2n) is 6.12. The highest BCUT2D eigenvalue weighted by Crippen LogP contribution is 2.31. The molecule has 0 unspecified atom stereocenters. The molecule has 96 valence electrons. The van der Waals surface area contributed by atoms with Gasteiger partial charge in [-0.3, -0.25) is 0 Å². The number of hydrogen-bond acceptors (Lipinski definition) is 3. The van der Waals surface area contributed by atoms with Gasteiger partial charge in [0.05, 0.1) is 5.69 Å². The molecule has 0 atom stereocenters. The summed E-state index contributed by atoms with van der Waals surface area (Å²) in [5.74, 6) is 0. The normalized spacial score (nSPS) is 12.6. The Bertz CT molecular complexity index is 397. The SMILES string of the molecule is CC(C)(C)CC(C)(C)Nc1cc(Cl)nnc1Cl. The van der Waals surface area contributed by atoms with E-state index < -0.39 is 0 Å². The highest BCUT2D eigenvalue weighted by Gasteiger charge is 2.26. The zero-order valence-corrected chi connectivity index (χ0v) is 12.4. The Labute approximate surface area is 113 Å². The van der Waals surface area contributed by atoms with E-state index in [1.807, 2.05) is 0 Å². The maximum Gasteiger partial charge on any atom is 0.174 e. The van der Waals surface area contributed by atoms with Gasteiger partial charge in [-0.15, -0.1) is 10.2 Å². The van der Waals surface area contributed by atoms with Crippen LogP contribution in [0, 0.1) is 5.41 Å². The number of anilines is 1. The third kappa shape index (κ3) is 5.09. The number of hydrogen-bond donors (Lipinski definition) is 1. The number of nitrogens with one attached hydrogen (secondary N) is 1. The van der Waals surface area contributed by atoms with Crippen molar-refractivity contribution >= 4 is 28.9 Å². The molecule has 0 aliphatic heterocycles. The van der Waals surface area contributed by atoms with Crippen LogP contribution in [0.15, 0.2) is 6.07 Å². The van der Waals surface area contributed by atoms with Crippen molar-refractivity contribution in [3.63, 3.8) is 0 Å². The van der Waals surface area contributed by atoms with Crippen LogP contribution in [0.3, 0.4) is 0 Å². The molecule has 0 spiro atoms. The third-order valence-electron chi connectivity index (χ3n) is 2.16. The summed E-state index contributed by atoms with van der Waals surface area (Å²) in [6.45, 7) is 10.9. The summed E-state index contributed by atoms with van der Waals surface area (Å²) in [6, 6.07) is 1.70. The van der Waals surface area contributed by atoms with Crippen molar-refractivity contribution in [3.05, 3.63) is 16.4 Å². The molecule has 1 N–H and O–H groups in total. The van der Waals surface area contributed by atoms with Crippen LogP contribution in [0.5, 0.6) is 0 Å². The Morgan fingerprint density at radius 2 is 1.71 bits per heavy atom. The van der Waals surface area contributed by atoms with Gasteiger partial charge in [-0.25, -0.2) is 0 Å². The van der Waals surface area contributed by atoms with Crippen molar-refractivity contribution in [2.75, 3.05) is 5.32 Å². The summed E-state index contributed by atoms with van der Waals surface area (Å²) < 4.78 is 0. The van der Waals surface area contributed by atoms with Gasteiger partial charge in [0.2, 0.25) is 0 Å². The van der Waals surface area contributed by atoms with Crippen LogP contribution >= 0.6 is 23.2 Å². The van der Waals surface area contributed by atoms with Crippen LogP contribution in [0.25, 0.3) is 0 Å². The fraction of sp³-hybridized carbons (Fsp3) is 0.667. The monoisotopic (exact) mass is 275 g/mol. The lowest BCUT2D eigenvalue weighted by Gasteiger charge is -2.34. The summed E-state index contributed by atoms with van der Waals surface area (Å²) in [4.78, 5) is 0. The van der Waals surface area contributed by atoms with E-state index in [0.717, 1.165) is 12.1 Å². The van der Waals surface area contributed by atoms with Gasteiger partial charge in [0, 0.05) is 11.6 Å². The Morgan fingerprint density at radius 3 is 2.24 bits per heavy atom. The van der Waals surface area contributed by atoms with Crippen molar-refractivity contribution < 1.29 is 0 Å². The van der Waals surface area contributed by atoms with Crippen molar-refractivity contribution in [2.24, 2.45) is 5.41 Å². The van der Waals surface area contributed by atoms with E-state index in [1.54, 1.807) is 6.07 Å². The predicted octanol–water partition coefficient (Wildman–Crippen LogP) is 4.41. The van der Waals surface area contributed by atoms with Gasteiger partial charge in [-0.2, -0.15) is 0 Å². The van der Waals surface area contributed by atoms with Crippen molar-refractivity contribution in [2.45, 2.75) is 46.6 Å². The Morgan fingerprint density at radius 1 is 1.12 bits per heavy atom. The summed E-state index contributed by atoms with van der Waals surface area (Å²) in [7, 11) is 0. The number of halogens is 2. The van der Waals surface area contributed by atoms with E-state index >= 15 is 0 Å². The number of rotatable bonds is 3. The smallest absolute Gasteiger partial charge is 0.174 e. The van der Waals surface area contributed by atoms with Gasteiger partial charge in [0.25, 0.3) is 0 Å². The highest BCUT2D eigenvalue weighted by molar-refractivity contribution is 6.33. The molecule has 17 heavy (non-hydrogen) atoms. The zero-order chi connectivity index (χ0) is 13.3. The average Bonchev–Trinajstić information content (AvgIpc) is 2.06. The van der Waals surface area contributed by atoms with Gasteiger partial charge in [-0.05, 0) is 25.7 Å². The number of nitrogens with zero attached hydrogens (tertiary/aromatic N) is 2. The van der Waals surface area contributed by atoms with Crippen LogP contribution in [0.4, 0.5) is 5.69 Å². The van der Waals surface area contributed by atoms with E-state index in [2.05, 4.69) is 50.1 Å². The van der Waals surface area contributed by atoms with Gasteiger partial charge in [0.1, 0.15) is 0 Å². The standard InChI is InChI=1S/C12H19Cl2N3/c1-11(2,3)7-12(4,5)15-8-6-9(13)16-17-10(8)14/h6H,7H2,1-5H3,(H,15,16). The summed E-state index contributed by atoms with van der Waals surface area (Å²) >= 11 is 11.8. The van der Waals surface area contributed by atoms with Gasteiger partial charge in [-0.1, -0.05) is 44.0 Å². The number of aromatic nitrogens is 2. The zero-order valence-electron chi connectivity index (χ0n) is 10.9. The molecule has 3 nitrogen and oxygen atoms in total. The molecule has 0 amide bonds. The third-order valence-corrected chi connectivity index (χ3v) is 2.63. The highest BCUT2D eigenvalue weighted by atomic mass is 35.5. The van der Waals surface area contributed by atoms with Crippen LogP contribution in [-0.2, 0) is 0 Å². The van der Waals surface area contributed by atoms with E-state index in [1.165, 1.54) is 0 Å². The molecule has 1 heterocycles. The second kappa shape index (κ2) is 4.99. The minimum absolute atomic E-state index is 0.0890. The molecule has 0 aliphatic rings. The molecule has 0 saturated carbocycles. The topological polar surface area (TPSA) is 37.8 Å². The van der Waals surface area contributed by atoms with E-state index in [-0.39, 0.29) is 11.0 Å². The molecule has 5 heteroatoms. The van der Waals surface area contributed by atoms with E-state index in [0.29, 0.717) is 10.3 Å². The molecule has 0 radical (unpaired) electrons. The first-order valence-corrected chi connectivity index (χ1v) is 6.32. The predicted molar refractivity (Wildman–Crippen MR) is 73.8 cm³/mol. The molecule has 0 aromatic carbocycles. The quantitative estimate of drug-likeness (QED) is 0.888. The fourth-order valence-corrected chi connectivity index (χ4v) is 2.46. The average molecular weight is 276 g/mol. The lowest BCUT2D eigenvalue weighted by atomic mass is 9.82. The minimum Gasteiger partial charge on any atom is -0.378 e. The minimum atomic E-state index is -0.0890. The molecule has 0 bridgehead atoms. The maximum atomic E-state index is 5.98. The first kappa shape index (κ1) is 14.5. The molecule has 0 fully saturated rings. The summed E-state index contributed by atoms with van der Waals surface area (Å²) in [6.07, 6.45) is 0.996.